The summed E-state index contributed by atoms with van der Waals surface area (Å²) in [6, 6.07) is -0.545. The highest BCUT2D eigenvalue weighted by Gasteiger charge is 2.20. The molecule has 0 saturated heterocycles. The lowest BCUT2D eigenvalue weighted by molar-refractivity contribution is -0.123. The number of aliphatic hydroxyl groups is 2. The van der Waals surface area contributed by atoms with Gasteiger partial charge in [-0.25, -0.2) is 0 Å². The molecule has 3 N–H and O–H groups in total. The zero-order valence-corrected chi connectivity index (χ0v) is 43.6. The van der Waals surface area contributed by atoms with Crippen LogP contribution in [0.2, 0.25) is 0 Å². The van der Waals surface area contributed by atoms with Crippen LogP contribution in [0.5, 0.6) is 0 Å². The summed E-state index contributed by atoms with van der Waals surface area (Å²) < 4.78 is 0. The van der Waals surface area contributed by atoms with Gasteiger partial charge in [0.1, 0.15) is 0 Å². The molecule has 0 bridgehead atoms. The molecule has 0 radical (unpaired) electrons. The lowest BCUT2D eigenvalue weighted by Crippen LogP contribution is -2.45. The smallest absolute Gasteiger partial charge is 0.220 e. The van der Waals surface area contributed by atoms with Gasteiger partial charge in [0.2, 0.25) is 5.91 Å². The SMILES string of the molecule is CCCCCCC/C=C\C/C=C\C/C=C\CCCCCCCCC(=O)NC(CO)C(O)CCCCCCCCCCCCCCCCCCCCCCCCCCCCCCCCC. The van der Waals surface area contributed by atoms with Crippen LogP contribution in [0.25, 0.3) is 0 Å². The topological polar surface area (TPSA) is 69.6 Å². The predicted octanol–water partition coefficient (Wildman–Crippen LogP) is 19.3. The van der Waals surface area contributed by atoms with Crippen molar-refractivity contribution >= 4 is 5.91 Å². The van der Waals surface area contributed by atoms with Crippen molar-refractivity contribution in [2.24, 2.45) is 0 Å². The summed E-state index contributed by atoms with van der Waals surface area (Å²) in [5.74, 6) is -0.0398. The van der Waals surface area contributed by atoms with E-state index in [1.54, 1.807) is 0 Å². The summed E-state index contributed by atoms with van der Waals surface area (Å²) in [4.78, 5) is 12.5. The summed E-state index contributed by atoms with van der Waals surface area (Å²) in [5.41, 5.74) is 0. The minimum atomic E-state index is -0.667. The molecule has 378 valence electrons. The zero-order chi connectivity index (χ0) is 46.3. The third kappa shape index (κ3) is 51.6. The Bertz CT molecular complexity index is 974. The minimum absolute atomic E-state index is 0.0398. The van der Waals surface area contributed by atoms with E-state index in [9.17, 15) is 15.0 Å². The molecule has 2 atom stereocenters. The van der Waals surface area contributed by atoms with Crippen LogP contribution in [0.4, 0.5) is 0 Å². The van der Waals surface area contributed by atoms with Gasteiger partial charge in [-0.05, 0) is 51.4 Å². The number of hydrogen-bond acceptors (Lipinski definition) is 3. The second-order valence-corrected chi connectivity index (χ2v) is 20.1. The van der Waals surface area contributed by atoms with Crippen molar-refractivity contribution in [3.63, 3.8) is 0 Å². The normalized spacial score (nSPS) is 13.0. The number of unbranched alkanes of at least 4 members (excludes halogenated alkanes) is 41. The molecule has 0 aromatic carbocycles. The van der Waals surface area contributed by atoms with Gasteiger partial charge >= 0.3 is 0 Å². The largest absolute Gasteiger partial charge is 0.394 e. The highest BCUT2D eigenvalue weighted by Crippen LogP contribution is 2.18. The van der Waals surface area contributed by atoms with Gasteiger partial charge in [0, 0.05) is 6.42 Å². The number of carbonyl (C=O) groups excluding carboxylic acids is 1. The molecule has 0 aliphatic rings. The quantitative estimate of drug-likeness (QED) is 0.0421. The Morgan fingerprint density at radius 3 is 0.953 bits per heavy atom. The van der Waals surface area contributed by atoms with Crippen molar-refractivity contribution in [3.8, 4) is 0 Å². The molecule has 0 spiro atoms. The van der Waals surface area contributed by atoms with Gasteiger partial charge in [-0.15, -0.1) is 0 Å². The fourth-order valence-electron chi connectivity index (χ4n) is 9.20. The van der Waals surface area contributed by atoms with Crippen molar-refractivity contribution in [1.82, 2.24) is 5.32 Å². The summed E-state index contributed by atoms with van der Waals surface area (Å²) in [5, 5.41) is 23.3. The van der Waals surface area contributed by atoms with E-state index in [0.717, 1.165) is 51.4 Å². The summed E-state index contributed by atoms with van der Waals surface area (Å²) in [6.07, 6.45) is 75.7. The maximum absolute atomic E-state index is 12.5. The summed E-state index contributed by atoms with van der Waals surface area (Å²) >= 11 is 0. The Morgan fingerprint density at radius 1 is 0.375 bits per heavy atom. The zero-order valence-electron chi connectivity index (χ0n) is 43.6. The Labute approximate surface area is 402 Å². The fraction of sp³-hybridized carbons (Fsp3) is 0.883. The molecular weight excluding hydrogens is 783 g/mol. The first-order valence-corrected chi connectivity index (χ1v) is 29.2. The lowest BCUT2D eigenvalue weighted by atomic mass is 10.0. The Kier molecular flexibility index (Phi) is 54.7. The van der Waals surface area contributed by atoms with Crippen LogP contribution in [-0.2, 0) is 4.79 Å². The summed E-state index contributed by atoms with van der Waals surface area (Å²) in [7, 11) is 0. The van der Waals surface area contributed by atoms with Crippen molar-refractivity contribution < 1.29 is 15.0 Å². The van der Waals surface area contributed by atoms with E-state index >= 15 is 0 Å². The molecule has 0 aromatic rings. The number of aliphatic hydroxyl groups excluding tert-OH is 2. The first-order valence-electron chi connectivity index (χ1n) is 29.2. The van der Waals surface area contributed by atoms with Gasteiger partial charge in [-0.2, -0.15) is 0 Å². The van der Waals surface area contributed by atoms with E-state index in [-0.39, 0.29) is 12.5 Å². The molecule has 4 nitrogen and oxygen atoms in total. The second kappa shape index (κ2) is 55.9. The molecule has 0 aliphatic carbocycles. The van der Waals surface area contributed by atoms with E-state index in [2.05, 4.69) is 55.6 Å². The van der Waals surface area contributed by atoms with E-state index in [0.29, 0.717) is 12.8 Å². The first kappa shape index (κ1) is 62.6. The lowest BCUT2D eigenvalue weighted by Gasteiger charge is -2.22. The maximum atomic E-state index is 12.5. The molecule has 0 fully saturated rings. The molecule has 0 aliphatic heterocycles. The molecule has 64 heavy (non-hydrogen) atoms. The van der Waals surface area contributed by atoms with Gasteiger partial charge in [-0.3, -0.25) is 4.79 Å². The van der Waals surface area contributed by atoms with Crippen LogP contribution in [0.1, 0.15) is 322 Å². The van der Waals surface area contributed by atoms with Crippen LogP contribution in [0, 0.1) is 0 Å². The van der Waals surface area contributed by atoms with Gasteiger partial charge in [-0.1, -0.05) is 301 Å². The van der Waals surface area contributed by atoms with Gasteiger partial charge in [0.25, 0.3) is 0 Å². The average Bonchev–Trinajstić information content (AvgIpc) is 3.30. The minimum Gasteiger partial charge on any atom is -0.394 e. The number of amides is 1. The standard InChI is InChI=1S/C60H115NO3/c1-3-5-7-9-11-13-15-17-19-21-23-25-26-27-28-29-30-31-32-33-34-36-37-39-41-43-45-47-49-51-53-55-59(63)58(57-62)61-60(64)56-54-52-50-48-46-44-42-40-38-35-24-22-20-18-16-14-12-10-8-6-4-2/h16,18,22,24,38,40,58-59,62-63H,3-15,17,19-21,23,25-37,39,41-57H2,1-2H3,(H,61,64)/b18-16-,24-22-,40-38-. The molecule has 0 saturated carbocycles. The Morgan fingerprint density at radius 2 is 0.641 bits per heavy atom. The summed E-state index contributed by atoms with van der Waals surface area (Å²) in [6.45, 7) is 4.37. The van der Waals surface area contributed by atoms with Gasteiger partial charge in [0.15, 0.2) is 0 Å². The highest BCUT2D eigenvalue weighted by molar-refractivity contribution is 5.76. The first-order chi connectivity index (χ1) is 31.7. The number of rotatable bonds is 54. The second-order valence-electron chi connectivity index (χ2n) is 20.1. The Hall–Kier alpha value is -1.39. The van der Waals surface area contributed by atoms with Crippen LogP contribution in [0.15, 0.2) is 36.5 Å². The highest BCUT2D eigenvalue weighted by atomic mass is 16.3. The molecular formula is C60H115NO3. The van der Waals surface area contributed by atoms with Crippen LogP contribution in [-0.4, -0.2) is 34.9 Å². The average molecular weight is 899 g/mol. The maximum Gasteiger partial charge on any atom is 0.220 e. The van der Waals surface area contributed by atoms with Crippen molar-refractivity contribution in [1.29, 1.82) is 0 Å². The Balaban J connectivity index is 3.44. The third-order valence-electron chi connectivity index (χ3n) is 13.7. The molecule has 4 heteroatoms. The van der Waals surface area contributed by atoms with E-state index < -0.39 is 12.1 Å². The van der Waals surface area contributed by atoms with Crippen molar-refractivity contribution in [3.05, 3.63) is 36.5 Å². The molecule has 0 heterocycles. The molecule has 0 aromatic heterocycles. The fourth-order valence-corrected chi connectivity index (χ4v) is 9.20. The van der Waals surface area contributed by atoms with Crippen LogP contribution < -0.4 is 5.32 Å². The van der Waals surface area contributed by atoms with E-state index in [1.807, 2.05) is 0 Å². The van der Waals surface area contributed by atoms with Crippen LogP contribution >= 0.6 is 0 Å². The van der Waals surface area contributed by atoms with E-state index in [1.165, 1.54) is 244 Å². The monoisotopic (exact) mass is 898 g/mol. The number of allylic oxidation sites excluding steroid dienone is 6. The van der Waals surface area contributed by atoms with Gasteiger partial charge in [0.05, 0.1) is 18.8 Å². The van der Waals surface area contributed by atoms with Crippen molar-refractivity contribution in [2.45, 2.75) is 334 Å². The number of nitrogens with one attached hydrogen (secondary N) is 1. The number of hydrogen-bond donors (Lipinski definition) is 3. The molecule has 2 unspecified atom stereocenters. The number of carbonyl (C=O) groups is 1. The van der Waals surface area contributed by atoms with E-state index in [4.69, 9.17) is 0 Å². The molecule has 1 amide bonds. The third-order valence-corrected chi connectivity index (χ3v) is 13.7. The molecule has 0 rings (SSSR count). The van der Waals surface area contributed by atoms with Gasteiger partial charge < -0.3 is 15.5 Å². The predicted molar refractivity (Wildman–Crippen MR) is 285 cm³/mol. The van der Waals surface area contributed by atoms with Crippen molar-refractivity contribution in [2.75, 3.05) is 6.61 Å². The van der Waals surface area contributed by atoms with Crippen LogP contribution in [0.3, 0.4) is 0 Å².